The first-order valence-corrected chi connectivity index (χ1v) is 15.4. The highest BCUT2D eigenvalue weighted by molar-refractivity contribution is 7.17. The topological polar surface area (TPSA) is 73.1 Å². The van der Waals surface area contributed by atoms with E-state index in [1.54, 1.807) is 16.0 Å². The molecule has 0 fully saturated rings. The van der Waals surface area contributed by atoms with E-state index in [1.165, 1.54) is 26.9 Å². The highest BCUT2D eigenvalue weighted by atomic mass is 32.1. The van der Waals surface area contributed by atoms with Crippen molar-refractivity contribution < 1.29 is 9.53 Å². The molecular weight excluding hydrogens is 530 g/mol. The maximum Gasteiger partial charge on any atom is 0.306 e. The van der Waals surface area contributed by atoms with Gasteiger partial charge in [-0.2, -0.15) is 0 Å². The van der Waals surface area contributed by atoms with Crippen molar-refractivity contribution in [3.8, 4) is 0 Å². The molecule has 7 nitrogen and oxygen atoms in total. The smallest absolute Gasteiger partial charge is 0.306 e. The highest BCUT2D eigenvalue weighted by Crippen LogP contribution is 2.38. The lowest BCUT2D eigenvalue weighted by molar-refractivity contribution is -0.143. The Hall–Kier alpha value is -3.62. The lowest BCUT2D eigenvalue weighted by Crippen LogP contribution is -2.27. The van der Waals surface area contributed by atoms with Crippen LogP contribution in [0.4, 0.5) is 0 Å². The molecule has 41 heavy (non-hydrogen) atoms. The number of hydrogen-bond donors (Lipinski definition) is 0. The summed E-state index contributed by atoms with van der Waals surface area (Å²) in [5.74, 6) is 0.253. The zero-order chi connectivity index (χ0) is 28.5. The molecule has 0 saturated heterocycles. The Kier molecular flexibility index (Phi) is 7.86. The van der Waals surface area contributed by atoms with Crippen molar-refractivity contribution >= 4 is 38.4 Å². The average Bonchev–Trinajstić information content (AvgIpc) is 3.55. The van der Waals surface area contributed by atoms with E-state index in [2.05, 4.69) is 76.9 Å². The molecule has 1 aliphatic heterocycles. The van der Waals surface area contributed by atoms with E-state index in [0.717, 1.165) is 60.2 Å². The number of thiophene rings is 1. The van der Waals surface area contributed by atoms with E-state index in [1.807, 2.05) is 20.2 Å². The summed E-state index contributed by atoms with van der Waals surface area (Å²) in [5.41, 5.74) is 8.99. The van der Waals surface area contributed by atoms with Gasteiger partial charge in [0.15, 0.2) is 0 Å². The molecule has 8 heteroatoms. The van der Waals surface area contributed by atoms with Crippen molar-refractivity contribution in [1.82, 2.24) is 24.9 Å². The number of aromatic nitrogens is 4. The van der Waals surface area contributed by atoms with Gasteiger partial charge in [-0.3, -0.25) is 14.7 Å². The number of pyridine rings is 1. The Morgan fingerprint density at radius 3 is 2.90 bits per heavy atom. The standard InChI is InChI=1S/C33H37N5O2S/c1-5-22-14-23-8-7-12-34-29(23)20-38(18-22)19-26-16-25(15-24-11-13-41-33(24)26)28(17-31(39)40-6-2)27-9-10-30-32(21(27)3)35-36-37(30)4/h7-13,15-16,22,28H,5-6,14,17-20H2,1-4H3/t22-,28+/m0/s1. The summed E-state index contributed by atoms with van der Waals surface area (Å²) in [7, 11) is 1.90. The normalized spacial score (nSPS) is 16.5. The number of benzene rings is 2. The first kappa shape index (κ1) is 27.5. The zero-order valence-electron chi connectivity index (χ0n) is 24.3. The first-order valence-electron chi connectivity index (χ1n) is 14.5. The zero-order valence-corrected chi connectivity index (χ0v) is 25.1. The van der Waals surface area contributed by atoms with E-state index < -0.39 is 0 Å². The summed E-state index contributed by atoms with van der Waals surface area (Å²) >= 11 is 1.79. The molecule has 0 spiro atoms. The van der Waals surface area contributed by atoms with Crippen LogP contribution >= 0.6 is 11.3 Å². The molecule has 2 atom stereocenters. The molecule has 4 heterocycles. The molecule has 2 aromatic carbocycles. The maximum absolute atomic E-state index is 13.0. The van der Waals surface area contributed by atoms with Gasteiger partial charge in [0.2, 0.25) is 0 Å². The molecule has 3 aromatic heterocycles. The molecule has 1 aliphatic rings. The summed E-state index contributed by atoms with van der Waals surface area (Å²) in [5, 5.41) is 12.1. The minimum Gasteiger partial charge on any atom is -0.466 e. The molecule has 0 N–H and O–H groups in total. The first-order chi connectivity index (χ1) is 19.9. The molecule has 0 bridgehead atoms. The summed E-state index contributed by atoms with van der Waals surface area (Å²) in [6.07, 6.45) is 4.41. The van der Waals surface area contributed by atoms with Crippen LogP contribution in [0.1, 0.15) is 66.1 Å². The summed E-state index contributed by atoms with van der Waals surface area (Å²) in [6, 6.07) is 15.3. The number of carbonyl (C=O) groups excluding carboxylic acids is 1. The van der Waals surface area contributed by atoms with Crippen LogP contribution in [-0.4, -0.2) is 44.0 Å². The number of nitrogens with zero attached hydrogens (tertiary/aromatic N) is 5. The monoisotopic (exact) mass is 567 g/mol. The minimum atomic E-state index is -0.191. The van der Waals surface area contributed by atoms with Gasteiger partial charge in [-0.1, -0.05) is 36.8 Å². The fourth-order valence-electron chi connectivity index (χ4n) is 6.37. The summed E-state index contributed by atoms with van der Waals surface area (Å²) in [6.45, 7) is 9.32. The number of carbonyl (C=O) groups is 1. The Balaban J connectivity index is 1.42. The predicted molar refractivity (Wildman–Crippen MR) is 164 cm³/mol. The molecule has 212 valence electrons. The van der Waals surface area contributed by atoms with Crippen molar-refractivity contribution in [2.24, 2.45) is 13.0 Å². The van der Waals surface area contributed by atoms with Gasteiger partial charge in [0.1, 0.15) is 5.52 Å². The fourth-order valence-corrected chi connectivity index (χ4v) is 7.26. The third-order valence-corrected chi connectivity index (χ3v) is 9.54. The molecule has 0 unspecified atom stereocenters. The van der Waals surface area contributed by atoms with E-state index >= 15 is 0 Å². The predicted octanol–water partition coefficient (Wildman–Crippen LogP) is 6.56. The van der Waals surface area contributed by atoms with E-state index in [-0.39, 0.29) is 18.3 Å². The van der Waals surface area contributed by atoms with E-state index in [0.29, 0.717) is 12.5 Å². The number of fused-ring (bicyclic) bond motifs is 3. The number of ether oxygens (including phenoxy) is 1. The second-order valence-corrected chi connectivity index (χ2v) is 12.1. The van der Waals surface area contributed by atoms with Crippen LogP contribution in [-0.2, 0) is 36.1 Å². The Morgan fingerprint density at radius 1 is 1.20 bits per heavy atom. The van der Waals surface area contributed by atoms with Crippen LogP contribution in [0.15, 0.2) is 54.0 Å². The van der Waals surface area contributed by atoms with Gasteiger partial charge in [-0.25, -0.2) is 4.68 Å². The van der Waals surface area contributed by atoms with Gasteiger partial charge in [0.25, 0.3) is 0 Å². The van der Waals surface area contributed by atoms with Crippen LogP contribution in [0.5, 0.6) is 0 Å². The van der Waals surface area contributed by atoms with Gasteiger partial charge in [0, 0.05) is 43.5 Å². The van der Waals surface area contributed by atoms with Crippen LogP contribution in [0.3, 0.4) is 0 Å². The molecule has 0 aliphatic carbocycles. The second-order valence-electron chi connectivity index (χ2n) is 11.2. The van der Waals surface area contributed by atoms with Crippen molar-refractivity contribution in [3.63, 3.8) is 0 Å². The maximum atomic E-state index is 13.0. The molecule has 6 rings (SSSR count). The minimum absolute atomic E-state index is 0.154. The van der Waals surface area contributed by atoms with E-state index in [9.17, 15) is 4.79 Å². The molecular formula is C33H37N5O2S. The lowest BCUT2D eigenvalue weighted by atomic mass is 9.84. The van der Waals surface area contributed by atoms with Gasteiger partial charge in [-0.15, -0.1) is 16.4 Å². The van der Waals surface area contributed by atoms with E-state index in [4.69, 9.17) is 9.72 Å². The molecule has 0 saturated carbocycles. The SMILES string of the molecule is CCOC(=O)C[C@H](c1cc(CN2Cc3ncccc3C[C@H](CC)C2)c2sccc2c1)c1ccc2c(nnn2C)c1C. The Labute approximate surface area is 245 Å². The molecule has 0 amide bonds. The highest BCUT2D eigenvalue weighted by Gasteiger charge is 2.26. The fraction of sp³-hybridized carbons (Fsp3) is 0.394. The van der Waals surface area contributed by atoms with Gasteiger partial charge < -0.3 is 4.74 Å². The number of aryl methyl sites for hydroxylation is 2. The Morgan fingerprint density at radius 2 is 2.07 bits per heavy atom. The van der Waals surface area contributed by atoms with Gasteiger partial charge >= 0.3 is 5.97 Å². The van der Waals surface area contributed by atoms with Crippen LogP contribution in [0, 0.1) is 12.8 Å². The van der Waals surface area contributed by atoms with Crippen molar-refractivity contribution in [1.29, 1.82) is 0 Å². The number of esters is 1. The van der Waals surface area contributed by atoms with Crippen LogP contribution in [0.25, 0.3) is 21.1 Å². The van der Waals surface area contributed by atoms with Crippen LogP contribution in [0.2, 0.25) is 0 Å². The third kappa shape index (κ3) is 5.51. The summed E-state index contributed by atoms with van der Waals surface area (Å²) in [4.78, 5) is 20.3. The molecule has 5 aromatic rings. The average molecular weight is 568 g/mol. The van der Waals surface area contributed by atoms with Crippen molar-refractivity contribution in [3.05, 3.63) is 87.6 Å². The van der Waals surface area contributed by atoms with Gasteiger partial charge in [-0.05, 0) is 89.0 Å². The number of rotatable bonds is 8. The summed E-state index contributed by atoms with van der Waals surface area (Å²) < 4.78 is 8.56. The van der Waals surface area contributed by atoms with Crippen molar-refractivity contribution in [2.75, 3.05) is 13.2 Å². The molecule has 0 radical (unpaired) electrons. The number of hydrogen-bond acceptors (Lipinski definition) is 7. The largest absolute Gasteiger partial charge is 0.466 e. The second kappa shape index (κ2) is 11.7. The van der Waals surface area contributed by atoms with Crippen molar-refractivity contribution in [2.45, 2.75) is 59.0 Å². The van der Waals surface area contributed by atoms with Gasteiger partial charge in [0.05, 0.1) is 24.2 Å². The quantitative estimate of drug-likeness (QED) is 0.198. The van der Waals surface area contributed by atoms with Crippen LogP contribution < -0.4 is 0 Å². The third-order valence-electron chi connectivity index (χ3n) is 8.54. The Bertz CT molecular complexity index is 1710. The lowest BCUT2D eigenvalue weighted by Gasteiger charge is -2.25.